The molecule has 1 aliphatic carbocycles. The van der Waals surface area contributed by atoms with Crippen LogP contribution in [0.1, 0.15) is 83.8 Å². The van der Waals surface area contributed by atoms with E-state index < -0.39 is 12.0 Å². The van der Waals surface area contributed by atoms with E-state index in [4.69, 9.17) is 4.74 Å². The highest BCUT2D eigenvalue weighted by molar-refractivity contribution is 7.99. The molecule has 0 saturated carbocycles. The Bertz CT molecular complexity index is 1320. The average Bonchev–Trinajstić information content (AvgIpc) is 2.96. The predicted molar refractivity (Wildman–Crippen MR) is 164 cm³/mol. The van der Waals surface area contributed by atoms with Crippen LogP contribution in [0.2, 0.25) is 0 Å². The van der Waals surface area contributed by atoms with Crippen LogP contribution in [-0.2, 0) is 29.0 Å². The van der Waals surface area contributed by atoms with Gasteiger partial charge in [0.15, 0.2) is 0 Å². The maximum atomic E-state index is 13.3. The Labute approximate surface area is 242 Å². The molecule has 2 atom stereocenters. The lowest BCUT2D eigenvalue weighted by Crippen LogP contribution is -2.40. The molecule has 0 saturated heterocycles. The fraction of sp³-hybridized carbons (Fsp3) is 0.412. The minimum absolute atomic E-state index is 0.0209. The monoisotopic (exact) mass is 559 g/mol. The van der Waals surface area contributed by atoms with Crippen molar-refractivity contribution < 1.29 is 19.4 Å². The minimum atomic E-state index is -1.02. The van der Waals surface area contributed by atoms with Gasteiger partial charge >= 0.3 is 5.97 Å². The van der Waals surface area contributed by atoms with Crippen molar-refractivity contribution in [3.05, 3.63) is 94.0 Å². The second-order valence-electron chi connectivity index (χ2n) is 10.5. The number of thioether (sulfide) groups is 1. The van der Waals surface area contributed by atoms with Crippen LogP contribution >= 0.6 is 11.8 Å². The lowest BCUT2D eigenvalue weighted by Gasteiger charge is -2.22. The second-order valence-corrected chi connectivity index (χ2v) is 11.9. The molecule has 212 valence electrons. The first-order chi connectivity index (χ1) is 19.4. The van der Waals surface area contributed by atoms with Crippen molar-refractivity contribution in [2.24, 2.45) is 0 Å². The Morgan fingerprint density at radius 1 is 0.975 bits per heavy atom. The number of carboxylic acids is 1. The smallest absolute Gasteiger partial charge is 0.326 e. The molecule has 2 N–H and O–H groups in total. The van der Waals surface area contributed by atoms with E-state index in [0.717, 1.165) is 46.6 Å². The van der Waals surface area contributed by atoms with Crippen LogP contribution < -0.4 is 5.32 Å². The lowest BCUT2D eigenvalue weighted by atomic mass is 9.89. The van der Waals surface area contributed by atoms with Crippen LogP contribution in [0.15, 0.2) is 60.7 Å². The maximum absolute atomic E-state index is 13.3. The fourth-order valence-electron chi connectivity index (χ4n) is 5.38. The number of benzene rings is 3. The van der Waals surface area contributed by atoms with E-state index in [2.05, 4.69) is 30.4 Å². The second kappa shape index (κ2) is 14.5. The number of amides is 1. The first kappa shape index (κ1) is 29.9. The van der Waals surface area contributed by atoms with Gasteiger partial charge in [-0.1, -0.05) is 68.8 Å². The molecule has 0 radical (unpaired) electrons. The van der Waals surface area contributed by atoms with Crippen molar-refractivity contribution in [2.45, 2.75) is 78.0 Å². The number of ether oxygens (including phenoxy) is 1. The summed E-state index contributed by atoms with van der Waals surface area (Å²) >= 11 is 1.88. The van der Waals surface area contributed by atoms with Crippen molar-refractivity contribution in [1.29, 1.82) is 0 Å². The normalized spacial score (nSPS) is 14.3. The summed E-state index contributed by atoms with van der Waals surface area (Å²) in [6, 6.07) is 19.6. The first-order valence-corrected chi connectivity index (χ1v) is 15.6. The van der Waals surface area contributed by atoms with Gasteiger partial charge in [-0.2, -0.15) is 11.8 Å². The summed E-state index contributed by atoms with van der Waals surface area (Å²) in [4.78, 5) is 25.0. The van der Waals surface area contributed by atoms with E-state index in [1.165, 1.54) is 29.5 Å². The zero-order chi connectivity index (χ0) is 28.5. The van der Waals surface area contributed by atoms with Gasteiger partial charge in [-0.15, -0.1) is 0 Å². The number of carboxylic acid groups (broad SMARTS) is 1. The Morgan fingerprint density at radius 2 is 1.75 bits per heavy atom. The highest BCUT2D eigenvalue weighted by Crippen LogP contribution is 2.31. The van der Waals surface area contributed by atoms with Gasteiger partial charge < -0.3 is 15.2 Å². The summed E-state index contributed by atoms with van der Waals surface area (Å²) in [5.74, 6) is 0.518. The predicted octanol–water partition coefficient (Wildman–Crippen LogP) is 7.53. The molecular formula is C34H41NO4S. The summed E-state index contributed by atoms with van der Waals surface area (Å²) in [5.41, 5.74) is 8.37. The van der Waals surface area contributed by atoms with Gasteiger partial charge in [0, 0.05) is 11.3 Å². The molecule has 0 spiro atoms. The third-order valence-electron chi connectivity index (χ3n) is 7.61. The highest BCUT2D eigenvalue weighted by atomic mass is 32.2. The van der Waals surface area contributed by atoms with Crippen LogP contribution in [0.3, 0.4) is 0 Å². The Kier molecular flexibility index (Phi) is 10.8. The van der Waals surface area contributed by atoms with E-state index in [9.17, 15) is 14.7 Å². The minimum Gasteiger partial charge on any atom is -0.480 e. The largest absolute Gasteiger partial charge is 0.480 e. The first-order valence-electron chi connectivity index (χ1n) is 14.4. The van der Waals surface area contributed by atoms with E-state index in [1.54, 1.807) is 6.07 Å². The standard InChI is InChI=1S/C34H41NO4S/c1-4-10-31(34(37)38)35-33(36)29-18-15-24(19-30(29)28-14-9-6-11-23(28)3)21-39-32(22-40-5-2)27-17-16-25-12-7-8-13-26(25)20-27/h6,9,11,14-20,31-32H,4-5,7-8,10,12-13,21-22H2,1-3H3,(H,35,36)(H,37,38)/t31-,32-/m0/s1. The Morgan fingerprint density at radius 3 is 2.48 bits per heavy atom. The number of carbonyl (C=O) groups excluding carboxylic acids is 1. The number of aliphatic carboxylic acids is 1. The molecule has 3 aromatic rings. The number of fused-ring (bicyclic) bond motifs is 1. The molecule has 0 heterocycles. The van der Waals surface area contributed by atoms with Gasteiger partial charge in [0.25, 0.3) is 5.91 Å². The van der Waals surface area contributed by atoms with E-state index >= 15 is 0 Å². The highest BCUT2D eigenvalue weighted by Gasteiger charge is 2.23. The van der Waals surface area contributed by atoms with Crippen LogP contribution in [0, 0.1) is 6.92 Å². The molecule has 0 unspecified atom stereocenters. The van der Waals surface area contributed by atoms with Gasteiger partial charge in [0.2, 0.25) is 0 Å². The third-order valence-corrected chi connectivity index (χ3v) is 8.56. The molecule has 5 nitrogen and oxygen atoms in total. The summed E-state index contributed by atoms with van der Waals surface area (Å²) in [6.45, 7) is 6.51. The van der Waals surface area contributed by atoms with Crippen molar-refractivity contribution in [3.8, 4) is 11.1 Å². The van der Waals surface area contributed by atoms with Gasteiger partial charge in [-0.25, -0.2) is 4.79 Å². The van der Waals surface area contributed by atoms with Crippen LogP contribution in [0.25, 0.3) is 11.1 Å². The van der Waals surface area contributed by atoms with Crippen LogP contribution in [-0.4, -0.2) is 34.5 Å². The van der Waals surface area contributed by atoms with Crippen molar-refractivity contribution in [1.82, 2.24) is 5.32 Å². The zero-order valence-corrected chi connectivity index (χ0v) is 24.7. The van der Waals surface area contributed by atoms with Gasteiger partial charge in [0.1, 0.15) is 6.04 Å². The summed E-state index contributed by atoms with van der Waals surface area (Å²) in [7, 11) is 0. The SMILES string of the molecule is CCC[C@H](NC(=O)c1ccc(CO[C@@H](CSCC)c2ccc3c(c2)CCCC3)cc1-c1ccccc1C)C(=O)O. The molecular weight excluding hydrogens is 518 g/mol. The molecule has 1 aliphatic rings. The van der Waals surface area contributed by atoms with Gasteiger partial charge in [0.05, 0.1) is 12.7 Å². The van der Waals surface area contributed by atoms with Gasteiger partial charge in [-0.05, 0) is 95.9 Å². The Balaban J connectivity index is 1.61. The van der Waals surface area contributed by atoms with Crippen LogP contribution in [0.5, 0.6) is 0 Å². The topological polar surface area (TPSA) is 75.6 Å². The molecule has 4 rings (SSSR count). The summed E-state index contributed by atoms with van der Waals surface area (Å²) in [6.07, 6.45) is 5.85. The molecule has 0 fully saturated rings. The van der Waals surface area contributed by atoms with Crippen molar-refractivity contribution >= 4 is 23.6 Å². The van der Waals surface area contributed by atoms with E-state index in [0.29, 0.717) is 25.0 Å². The average molecular weight is 560 g/mol. The molecule has 3 aromatic carbocycles. The fourth-order valence-corrected chi connectivity index (χ4v) is 6.11. The quantitative estimate of drug-likeness (QED) is 0.226. The molecule has 1 amide bonds. The molecule has 0 aliphatic heterocycles. The van der Waals surface area contributed by atoms with E-state index in [-0.39, 0.29) is 12.0 Å². The summed E-state index contributed by atoms with van der Waals surface area (Å²) in [5, 5.41) is 12.3. The molecule has 6 heteroatoms. The zero-order valence-electron chi connectivity index (χ0n) is 23.9. The molecule has 0 bridgehead atoms. The van der Waals surface area contributed by atoms with E-state index in [1.807, 2.05) is 62.0 Å². The lowest BCUT2D eigenvalue weighted by molar-refractivity contribution is -0.139. The van der Waals surface area contributed by atoms with Gasteiger partial charge in [-0.3, -0.25) is 4.79 Å². The van der Waals surface area contributed by atoms with Crippen molar-refractivity contribution in [3.63, 3.8) is 0 Å². The summed E-state index contributed by atoms with van der Waals surface area (Å²) < 4.78 is 6.56. The maximum Gasteiger partial charge on any atom is 0.326 e. The number of aryl methyl sites for hydroxylation is 3. The number of hydrogen-bond acceptors (Lipinski definition) is 4. The molecule has 0 aromatic heterocycles. The number of hydrogen-bond donors (Lipinski definition) is 2. The molecule has 40 heavy (non-hydrogen) atoms. The van der Waals surface area contributed by atoms with Crippen molar-refractivity contribution in [2.75, 3.05) is 11.5 Å². The number of nitrogens with one attached hydrogen (secondary N) is 1. The van der Waals surface area contributed by atoms with Crippen LogP contribution in [0.4, 0.5) is 0 Å². The number of carbonyl (C=O) groups is 2. The third kappa shape index (κ3) is 7.55. The number of rotatable bonds is 13. The Hall–Kier alpha value is -3.09.